The van der Waals surface area contributed by atoms with Crippen LogP contribution in [-0.2, 0) is 23.7 Å². The first kappa shape index (κ1) is 48.7. The van der Waals surface area contributed by atoms with Crippen LogP contribution in [0.5, 0.6) is 0 Å². The zero-order chi connectivity index (χ0) is 50.0. The van der Waals surface area contributed by atoms with Crippen LogP contribution in [0.1, 0.15) is 46.4 Å². The van der Waals surface area contributed by atoms with Crippen LogP contribution < -0.4 is 17.2 Å². The van der Waals surface area contributed by atoms with Crippen molar-refractivity contribution in [3.05, 3.63) is 38.0 Å². The van der Waals surface area contributed by atoms with Gasteiger partial charge >= 0.3 is 5.97 Å². The number of hydrogen-bond donors (Lipinski definition) is 7. The van der Waals surface area contributed by atoms with E-state index in [1.807, 2.05) is 14.0 Å². The van der Waals surface area contributed by atoms with Gasteiger partial charge in [-0.2, -0.15) is 0 Å². The van der Waals surface area contributed by atoms with E-state index in [-0.39, 0.29) is 67.7 Å². The topological polar surface area (TPSA) is 353 Å². The van der Waals surface area contributed by atoms with Gasteiger partial charge in [0.15, 0.2) is 40.6 Å². The fraction of sp³-hybridized carbons (Fsp3) is 0.636. The highest BCUT2D eigenvalue weighted by Gasteiger charge is 2.50. The molecular weight excluding hydrogens is 925 g/mol. The maximum absolute atomic E-state index is 11.6. The lowest BCUT2D eigenvalue weighted by molar-refractivity contribution is -0.141. The third kappa shape index (κ3) is 9.30. The molecule has 6 fully saturated rings. The lowest BCUT2D eigenvalue weighted by atomic mass is 9.92. The first-order valence-corrected chi connectivity index (χ1v) is 23.8. The van der Waals surface area contributed by atoms with Crippen molar-refractivity contribution in [3.8, 4) is 0 Å². The molecular formula is C44H62N18O9. The van der Waals surface area contributed by atoms with Crippen molar-refractivity contribution in [3.63, 3.8) is 0 Å². The van der Waals surface area contributed by atoms with Gasteiger partial charge < -0.3 is 56.6 Å². The molecule has 6 aliphatic heterocycles. The molecule has 6 aromatic heterocycles. The van der Waals surface area contributed by atoms with Gasteiger partial charge in [0, 0.05) is 63.2 Å². The van der Waals surface area contributed by atoms with E-state index in [0.717, 1.165) is 26.2 Å². The molecule has 6 saturated heterocycles. The number of nitrogen functional groups attached to an aromatic ring is 3. The lowest BCUT2D eigenvalue weighted by Crippen LogP contribution is -2.35. The largest absolute Gasteiger partial charge is 0.468 e. The number of imidazole rings is 3. The number of anilines is 3. The van der Waals surface area contributed by atoms with Crippen molar-refractivity contribution in [2.24, 2.45) is 23.7 Å². The van der Waals surface area contributed by atoms with Gasteiger partial charge in [-0.05, 0) is 11.8 Å². The third-order valence-corrected chi connectivity index (χ3v) is 15.2. The summed E-state index contributed by atoms with van der Waals surface area (Å²) in [5.74, 6) is 2.17. The summed E-state index contributed by atoms with van der Waals surface area (Å²) in [4.78, 5) is 55.3. The number of nitrogens with two attached hydrogens (primary N) is 3. The fourth-order valence-corrected chi connectivity index (χ4v) is 10.1. The van der Waals surface area contributed by atoms with Crippen LogP contribution in [0.15, 0.2) is 38.0 Å². The van der Waals surface area contributed by atoms with E-state index in [4.69, 9.17) is 41.3 Å². The van der Waals surface area contributed by atoms with Crippen molar-refractivity contribution in [2.45, 2.75) is 95.0 Å². The number of ether oxygens (including phenoxy) is 4. The van der Waals surface area contributed by atoms with E-state index in [1.54, 1.807) is 17.2 Å². The summed E-state index contributed by atoms with van der Waals surface area (Å²) in [6.07, 6.45) is 5.51. The van der Waals surface area contributed by atoms with Gasteiger partial charge in [-0.15, -0.1) is 0 Å². The summed E-state index contributed by atoms with van der Waals surface area (Å²) in [6, 6.07) is 0.294. The number of fused-ring (bicyclic) bond motifs is 3. The zero-order valence-corrected chi connectivity index (χ0v) is 40.1. The third-order valence-electron chi connectivity index (χ3n) is 15.2. The molecule has 27 nitrogen and oxygen atoms in total. The van der Waals surface area contributed by atoms with Crippen molar-refractivity contribution < 1.29 is 44.2 Å². The number of methoxy groups -OCH3 is 1. The maximum atomic E-state index is 11.6. The molecule has 382 valence electrons. The van der Waals surface area contributed by atoms with Crippen LogP contribution in [-0.4, -0.2) is 208 Å². The molecule has 10 N–H and O–H groups in total. The monoisotopic (exact) mass is 986 g/mol. The molecule has 0 saturated carbocycles. The predicted molar refractivity (Wildman–Crippen MR) is 252 cm³/mol. The summed E-state index contributed by atoms with van der Waals surface area (Å²) in [7, 11) is 1.42. The van der Waals surface area contributed by atoms with Crippen molar-refractivity contribution in [1.29, 1.82) is 0 Å². The fourth-order valence-electron chi connectivity index (χ4n) is 10.1. The molecule has 0 spiro atoms. The molecule has 0 aromatic carbocycles. The Morgan fingerprint density at radius 2 is 0.958 bits per heavy atom. The summed E-state index contributed by atoms with van der Waals surface area (Å²) in [5.41, 5.74) is 20.9. The molecule has 0 radical (unpaired) electrons. The Balaban J connectivity index is 0.000000123. The number of rotatable bonds is 12. The minimum absolute atomic E-state index is 0.0336. The Labute approximate surface area is 406 Å². The predicted octanol–water partition coefficient (Wildman–Crippen LogP) is -1.61. The Hall–Kier alpha value is -5.88. The van der Waals surface area contributed by atoms with Gasteiger partial charge in [0.05, 0.1) is 51.5 Å². The number of carbonyl (C=O) groups excluding carboxylic acids is 1. The van der Waals surface area contributed by atoms with Crippen LogP contribution >= 0.6 is 0 Å². The van der Waals surface area contributed by atoms with Crippen molar-refractivity contribution in [2.75, 3.05) is 76.8 Å². The minimum Gasteiger partial charge on any atom is -0.468 e. The van der Waals surface area contributed by atoms with Crippen molar-refractivity contribution in [1.82, 2.24) is 73.3 Å². The summed E-state index contributed by atoms with van der Waals surface area (Å²) >= 11 is 0. The average Bonchev–Trinajstić information content (AvgIpc) is 4.25. The molecule has 12 rings (SSSR count). The number of aliphatic hydroxyl groups is 4. The number of aromatic nitrogens is 12. The number of nitrogens with zero attached hydrogens (tertiary/aromatic N) is 15. The Morgan fingerprint density at radius 3 is 1.37 bits per heavy atom. The minimum atomic E-state index is -1.11. The second kappa shape index (κ2) is 19.6. The zero-order valence-electron chi connectivity index (χ0n) is 40.1. The molecule has 0 amide bonds. The van der Waals surface area contributed by atoms with E-state index in [0.29, 0.717) is 82.0 Å². The SMILES string of the molecule is CC1[C@@H](C)[C@@H](CN2CC2CO)O[C@H]1n1cnc2c(N)ncnc21.COC(=O)C1CN1C[C@H]1O[C@@H](n2cnc3c(N)ncnc32)C(C)[C@H]1C.Nc1ncnc2c1ncn2[C@@H]1O[C@H](CN2CC2CO)[C@H](O)C1O. The highest BCUT2D eigenvalue weighted by atomic mass is 16.6. The number of esters is 1. The van der Waals surface area contributed by atoms with Crippen LogP contribution in [0.25, 0.3) is 33.5 Å². The molecule has 27 heteroatoms. The summed E-state index contributed by atoms with van der Waals surface area (Å²) in [5, 5.41) is 38.8. The van der Waals surface area contributed by atoms with Crippen LogP contribution in [0.3, 0.4) is 0 Å². The van der Waals surface area contributed by atoms with Crippen LogP contribution in [0, 0.1) is 23.7 Å². The van der Waals surface area contributed by atoms with Crippen LogP contribution in [0.2, 0.25) is 0 Å². The molecule has 0 aliphatic carbocycles. The van der Waals surface area contributed by atoms with E-state index in [9.17, 15) is 20.1 Å². The van der Waals surface area contributed by atoms with E-state index in [1.165, 1.54) is 32.4 Å². The highest BCUT2D eigenvalue weighted by Crippen LogP contribution is 2.43. The molecule has 6 aliphatic rings. The molecule has 9 unspecified atom stereocenters. The second-order valence-electron chi connectivity index (χ2n) is 19.4. The summed E-state index contributed by atoms with van der Waals surface area (Å²) < 4.78 is 28.7. The van der Waals surface area contributed by atoms with Crippen LogP contribution in [0.4, 0.5) is 17.5 Å². The first-order valence-electron chi connectivity index (χ1n) is 23.8. The second-order valence-corrected chi connectivity index (χ2v) is 19.4. The average molecular weight is 987 g/mol. The Kier molecular flexibility index (Phi) is 13.5. The van der Waals surface area contributed by atoms with Gasteiger partial charge in [0.2, 0.25) is 0 Å². The lowest BCUT2D eigenvalue weighted by Gasteiger charge is -2.18. The van der Waals surface area contributed by atoms with E-state index < -0.39 is 24.5 Å². The molecule has 0 bridgehead atoms. The molecule has 71 heavy (non-hydrogen) atoms. The normalized spacial score (nSPS) is 35.8. The Morgan fingerprint density at radius 1 is 0.563 bits per heavy atom. The number of aliphatic hydroxyl groups excluding tert-OH is 4. The number of hydrogen-bond acceptors (Lipinski definition) is 24. The van der Waals surface area contributed by atoms with Crippen molar-refractivity contribution >= 4 is 56.9 Å². The number of carbonyl (C=O) groups is 1. The van der Waals surface area contributed by atoms with Gasteiger partial charge in [0.25, 0.3) is 0 Å². The Bertz CT molecular complexity index is 2730. The van der Waals surface area contributed by atoms with Gasteiger partial charge in [-0.3, -0.25) is 33.2 Å². The molecule has 12 heterocycles. The smallest absolute Gasteiger partial charge is 0.324 e. The van der Waals surface area contributed by atoms with Gasteiger partial charge in [-0.25, -0.2) is 44.9 Å². The molecule has 6 aromatic rings. The quantitative estimate of drug-likeness (QED) is 0.0536. The first-order chi connectivity index (χ1) is 34.2. The van der Waals surface area contributed by atoms with Gasteiger partial charge in [-0.1, -0.05) is 27.7 Å². The van der Waals surface area contributed by atoms with E-state index >= 15 is 0 Å². The highest BCUT2D eigenvalue weighted by molar-refractivity contribution is 5.82. The van der Waals surface area contributed by atoms with Gasteiger partial charge in [0.1, 0.15) is 72.3 Å². The molecule has 18 atom stereocenters. The van der Waals surface area contributed by atoms with E-state index in [2.05, 4.69) is 82.4 Å². The summed E-state index contributed by atoms with van der Waals surface area (Å²) in [6.45, 7) is 13.5. The maximum Gasteiger partial charge on any atom is 0.324 e. The standard InChI is InChI=1S/C16H22N6O3.C15H22N6O2.C13H18N6O4/c1-8-9(2)15(22-7-20-12-13(17)18-6-19-14(12)22)25-11(8)5-21-4-10(21)16(23)24-3;1-8-9(2)15(23-11(8)4-20-3-10(20)5-22)21-7-19-12-13(16)17-6-18-14(12)21;14-11-8-12(16-4-15-11)19(5-17-8)13-10(22)9(21)7(23-13)2-18-1-6(18)3-20/h6-11,15H,4-5H2,1-3H3,(H2,17,18,19);6-11,15,22H,3-5H2,1-2H3,(H2,16,17,18);4-7,9-10,13,20-22H,1-3H2,(H2,14,15,16)/t8-,9?,10?,11-,15-,21?;8-,9?,10?,11-,15-,20?;6?,7-,9+,10?,13-,18?/m111/s1.